The van der Waals surface area contributed by atoms with Crippen molar-refractivity contribution in [1.82, 2.24) is 4.98 Å². The van der Waals surface area contributed by atoms with Crippen LogP contribution in [0.1, 0.15) is 47.9 Å². The zero-order valence-corrected chi connectivity index (χ0v) is 22.9. The molecule has 0 atom stereocenters. The first-order chi connectivity index (χ1) is 17.1. The minimum absolute atomic E-state index is 0.0384. The molecule has 0 saturated heterocycles. The molecule has 0 saturated carbocycles. The first-order valence-electron chi connectivity index (χ1n) is 12.6. The zero-order valence-electron chi connectivity index (χ0n) is 22.0. The highest BCUT2D eigenvalue weighted by molar-refractivity contribution is 7.19. The molecule has 0 radical (unpaired) electrons. The van der Waals surface area contributed by atoms with E-state index < -0.39 is 0 Å². The van der Waals surface area contributed by atoms with E-state index in [0.717, 1.165) is 27.8 Å². The Morgan fingerprint density at radius 3 is 2.22 bits per heavy atom. The third kappa shape index (κ3) is 3.49. The number of nitrogens with zero attached hydrogens (tertiary/aromatic N) is 1. The summed E-state index contributed by atoms with van der Waals surface area (Å²) in [5.74, 6) is 0. The minimum atomic E-state index is -0.0384. The van der Waals surface area contributed by atoms with Crippen molar-refractivity contribution in [2.75, 3.05) is 0 Å². The summed E-state index contributed by atoms with van der Waals surface area (Å²) in [6.07, 6.45) is 2.06. The molecule has 36 heavy (non-hydrogen) atoms. The first-order valence-corrected chi connectivity index (χ1v) is 13.4. The van der Waals surface area contributed by atoms with E-state index in [1.807, 2.05) is 11.3 Å². The lowest BCUT2D eigenvalue weighted by molar-refractivity contribution is 0.591. The van der Waals surface area contributed by atoms with Crippen LogP contribution in [0.3, 0.4) is 0 Å². The number of hydrogen-bond donors (Lipinski definition) is 0. The maximum atomic E-state index is 6.54. The van der Waals surface area contributed by atoms with Gasteiger partial charge in [0.1, 0.15) is 11.2 Å². The van der Waals surface area contributed by atoms with Gasteiger partial charge in [-0.05, 0) is 90.6 Å². The van der Waals surface area contributed by atoms with Gasteiger partial charge in [0.2, 0.25) is 0 Å². The maximum absolute atomic E-state index is 6.54. The van der Waals surface area contributed by atoms with Crippen molar-refractivity contribution < 1.29 is 4.42 Å². The SMILES string of the molecule is Cc1cccc(C)c1-c1cnc(-c2cccc3c2oc2cc4sc(C)c(C)c4cc23)cc1C(C)(C)C. The Hall–Kier alpha value is -3.43. The second kappa shape index (κ2) is 8.04. The van der Waals surface area contributed by atoms with Crippen LogP contribution in [0.5, 0.6) is 0 Å². The Kier molecular flexibility index (Phi) is 5.14. The molecule has 3 aromatic carbocycles. The van der Waals surface area contributed by atoms with Crippen LogP contribution in [0.2, 0.25) is 0 Å². The molecule has 0 bridgehead atoms. The summed E-state index contributed by atoms with van der Waals surface area (Å²) < 4.78 is 7.82. The standard InChI is InChI=1S/C33H31NOS/c1-18-10-8-11-19(2)31(18)26-17-34-28(15-27(26)33(5,6)7)23-13-9-12-22-25-14-24-20(3)21(4)36-30(24)16-29(25)35-32(22)23/h8-17H,1-7H3. The molecular weight excluding hydrogens is 458 g/mol. The molecule has 0 spiro atoms. The van der Waals surface area contributed by atoms with Gasteiger partial charge in [-0.15, -0.1) is 11.3 Å². The quantitative estimate of drug-likeness (QED) is 0.242. The Balaban J connectivity index is 1.60. The third-order valence-electron chi connectivity index (χ3n) is 7.53. The molecule has 0 amide bonds. The predicted molar refractivity (Wildman–Crippen MR) is 155 cm³/mol. The average molecular weight is 490 g/mol. The monoisotopic (exact) mass is 489 g/mol. The van der Waals surface area contributed by atoms with Crippen molar-refractivity contribution in [3.05, 3.63) is 87.9 Å². The summed E-state index contributed by atoms with van der Waals surface area (Å²) in [7, 11) is 0. The molecular formula is C33H31NOS. The van der Waals surface area contributed by atoms with Crippen molar-refractivity contribution in [2.24, 2.45) is 0 Å². The molecule has 180 valence electrons. The third-order valence-corrected chi connectivity index (χ3v) is 8.70. The molecule has 6 rings (SSSR count). The number of para-hydroxylation sites is 1. The van der Waals surface area contributed by atoms with Gasteiger partial charge >= 0.3 is 0 Å². The molecule has 3 aromatic heterocycles. The van der Waals surface area contributed by atoms with Crippen LogP contribution in [0.15, 0.2) is 65.2 Å². The van der Waals surface area contributed by atoms with Crippen LogP contribution in [0.4, 0.5) is 0 Å². The van der Waals surface area contributed by atoms with E-state index in [9.17, 15) is 0 Å². The summed E-state index contributed by atoms with van der Waals surface area (Å²) in [6, 6.07) is 19.7. The number of pyridine rings is 1. The van der Waals surface area contributed by atoms with E-state index in [2.05, 4.69) is 109 Å². The summed E-state index contributed by atoms with van der Waals surface area (Å²) in [5, 5.41) is 3.64. The Bertz CT molecular complexity index is 1790. The number of aromatic nitrogens is 1. The lowest BCUT2D eigenvalue weighted by Gasteiger charge is -2.25. The Morgan fingerprint density at radius 1 is 0.778 bits per heavy atom. The van der Waals surface area contributed by atoms with Crippen molar-refractivity contribution >= 4 is 43.4 Å². The van der Waals surface area contributed by atoms with Gasteiger partial charge in [-0.3, -0.25) is 4.98 Å². The number of fused-ring (bicyclic) bond motifs is 4. The van der Waals surface area contributed by atoms with Gasteiger partial charge in [0.15, 0.2) is 0 Å². The van der Waals surface area contributed by atoms with Crippen molar-refractivity contribution in [3.63, 3.8) is 0 Å². The fraction of sp³-hybridized carbons (Fsp3) is 0.242. The van der Waals surface area contributed by atoms with Crippen molar-refractivity contribution in [3.8, 4) is 22.4 Å². The molecule has 3 heteroatoms. The van der Waals surface area contributed by atoms with Crippen LogP contribution >= 0.6 is 11.3 Å². The van der Waals surface area contributed by atoms with Gasteiger partial charge in [-0.2, -0.15) is 0 Å². The number of aryl methyl sites for hydroxylation is 4. The molecule has 0 unspecified atom stereocenters. The van der Waals surface area contributed by atoms with Crippen LogP contribution in [0.25, 0.3) is 54.4 Å². The van der Waals surface area contributed by atoms with E-state index in [1.54, 1.807) is 0 Å². The van der Waals surface area contributed by atoms with E-state index >= 15 is 0 Å². The number of rotatable bonds is 2. The molecule has 2 nitrogen and oxygen atoms in total. The van der Waals surface area contributed by atoms with Crippen LogP contribution in [-0.2, 0) is 5.41 Å². The first kappa shape index (κ1) is 23.0. The summed E-state index contributed by atoms with van der Waals surface area (Å²) in [6.45, 7) is 15.6. The number of thiophene rings is 1. The van der Waals surface area contributed by atoms with E-state index in [4.69, 9.17) is 9.40 Å². The second-order valence-electron chi connectivity index (χ2n) is 11.0. The fourth-order valence-electron chi connectivity index (χ4n) is 5.50. The Labute approximate surface area is 216 Å². The molecule has 0 N–H and O–H groups in total. The topological polar surface area (TPSA) is 26.0 Å². The second-order valence-corrected chi connectivity index (χ2v) is 12.3. The summed E-state index contributed by atoms with van der Waals surface area (Å²) in [4.78, 5) is 6.38. The van der Waals surface area contributed by atoms with Crippen LogP contribution in [-0.4, -0.2) is 4.98 Å². The maximum Gasteiger partial charge on any atom is 0.144 e. The fourth-order valence-corrected chi connectivity index (χ4v) is 6.58. The van der Waals surface area contributed by atoms with Gasteiger partial charge in [-0.25, -0.2) is 0 Å². The van der Waals surface area contributed by atoms with Gasteiger partial charge in [0.05, 0.1) is 5.69 Å². The highest BCUT2D eigenvalue weighted by atomic mass is 32.1. The summed E-state index contributed by atoms with van der Waals surface area (Å²) >= 11 is 1.84. The van der Waals surface area contributed by atoms with E-state index in [0.29, 0.717) is 0 Å². The lowest BCUT2D eigenvalue weighted by Crippen LogP contribution is -2.14. The van der Waals surface area contributed by atoms with Gasteiger partial charge in [0.25, 0.3) is 0 Å². The van der Waals surface area contributed by atoms with Gasteiger partial charge in [0, 0.05) is 37.7 Å². The number of furan rings is 1. The smallest absolute Gasteiger partial charge is 0.144 e. The van der Waals surface area contributed by atoms with Crippen molar-refractivity contribution in [2.45, 2.75) is 53.9 Å². The highest BCUT2D eigenvalue weighted by Crippen LogP contribution is 2.42. The van der Waals surface area contributed by atoms with E-state index in [1.165, 1.54) is 53.7 Å². The largest absolute Gasteiger partial charge is 0.455 e. The van der Waals surface area contributed by atoms with Crippen LogP contribution in [0, 0.1) is 27.7 Å². The van der Waals surface area contributed by atoms with Gasteiger partial charge < -0.3 is 4.42 Å². The Morgan fingerprint density at radius 2 is 1.50 bits per heavy atom. The van der Waals surface area contributed by atoms with Crippen LogP contribution < -0.4 is 0 Å². The van der Waals surface area contributed by atoms with Gasteiger partial charge in [-0.1, -0.05) is 51.1 Å². The highest BCUT2D eigenvalue weighted by Gasteiger charge is 2.23. The van der Waals surface area contributed by atoms with Crippen molar-refractivity contribution in [1.29, 1.82) is 0 Å². The molecule has 6 aromatic rings. The molecule has 0 aliphatic rings. The molecule has 0 aliphatic carbocycles. The lowest BCUT2D eigenvalue weighted by atomic mass is 9.80. The van der Waals surface area contributed by atoms with E-state index in [-0.39, 0.29) is 5.41 Å². The molecule has 0 fully saturated rings. The zero-order chi connectivity index (χ0) is 25.4. The normalized spacial score (nSPS) is 12.3. The summed E-state index contributed by atoms with van der Waals surface area (Å²) in [5.41, 5.74) is 11.5. The number of hydrogen-bond acceptors (Lipinski definition) is 3. The average Bonchev–Trinajstić information content (AvgIpc) is 3.33. The minimum Gasteiger partial charge on any atom is -0.455 e. The predicted octanol–water partition coefficient (Wildman–Crippen LogP) is 10.1. The molecule has 0 aliphatic heterocycles. The number of benzene rings is 3. The molecule has 3 heterocycles.